The molecule has 1 aliphatic carbocycles. The van der Waals surface area contributed by atoms with Gasteiger partial charge >= 0.3 is 0 Å². The molecule has 0 aromatic rings. The average Bonchev–Trinajstić information content (AvgIpc) is 1.57. The van der Waals surface area contributed by atoms with Crippen LogP contribution < -0.4 is 0 Å². The first-order valence-corrected chi connectivity index (χ1v) is 4.49. The first kappa shape index (κ1) is 8.10. The molecule has 0 aromatic heterocycles. The molecular formula is C10H20. The van der Waals surface area contributed by atoms with Gasteiger partial charge in [-0.3, -0.25) is 0 Å². The van der Waals surface area contributed by atoms with Crippen molar-refractivity contribution in [3.8, 4) is 0 Å². The predicted octanol–water partition coefficient (Wildman–Crippen LogP) is 3.47. The highest BCUT2D eigenvalue weighted by Crippen LogP contribution is 2.47. The molecule has 1 rings (SSSR count). The van der Waals surface area contributed by atoms with Gasteiger partial charge in [0.1, 0.15) is 0 Å². The fraction of sp³-hybridized carbons (Fsp3) is 1.00. The van der Waals surface area contributed by atoms with E-state index in [1.165, 1.54) is 19.3 Å². The lowest BCUT2D eigenvalue weighted by Gasteiger charge is -2.43. The van der Waals surface area contributed by atoms with Gasteiger partial charge in [0.15, 0.2) is 0 Å². The van der Waals surface area contributed by atoms with Crippen molar-refractivity contribution in [2.75, 3.05) is 0 Å². The van der Waals surface area contributed by atoms with Gasteiger partial charge in [-0.2, -0.15) is 0 Å². The second kappa shape index (κ2) is 2.56. The minimum absolute atomic E-state index is 0.680. The lowest BCUT2D eigenvalue weighted by Crippen LogP contribution is -2.32. The van der Waals surface area contributed by atoms with Crippen LogP contribution in [0.1, 0.15) is 47.0 Å². The summed E-state index contributed by atoms with van der Waals surface area (Å²) in [6, 6.07) is 0. The van der Waals surface area contributed by atoms with E-state index in [-0.39, 0.29) is 0 Å². The molecule has 1 aliphatic rings. The summed E-state index contributed by atoms with van der Waals surface area (Å²) < 4.78 is 0. The van der Waals surface area contributed by atoms with Crippen LogP contribution >= 0.6 is 0 Å². The highest BCUT2D eigenvalue weighted by Gasteiger charge is 2.35. The SMILES string of the molecule is CC(C)CC1CC(C)(C)C1. The Kier molecular flexibility index (Phi) is 2.07. The van der Waals surface area contributed by atoms with Crippen molar-refractivity contribution in [1.29, 1.82) is 0 Å². The van der Waals surface area contributed by atoms with Gasteiger partial charge in [-0.05, 0) is 36.5 Å². The maximum absolute atomic E-state index is 2.38. The highest BCUT2D eigenvalue weighted by atomic mass is 14.4. The van der Waals surface area contributed by atoms with Gasteiger partial charge in [0.05, 0.1) is 0 Å². The third kappa shape index (κ3) is 2.00. The summed E-state index contributed by atoms with van der Waals surface area (Å²) in [6.45, 7) is 9.41. The normalized spacial score (nSPS) is 24.9. The largest absolute Gasteiger partial charge is 0.0628 e. The fourth-order valence-electron chi connectivity index (χ4n) is 2.34. The summed E-state index contributed by atoms with van der Waals surface area (Å²) in [6.07, 6.45) is 4.37. The van der Waals surface area contributed by atoms with Crippen LogP contribution in [-0.2, 0) is 0 Å². The monoisotopic (exact) mass is 140 g/mol. The molecular weight excluding hydrogens is 120 g/mol. The Hall–Kier alpha value is 0. The molecule has 1 saturated carbocycles. The maximum atomic E-state index is 2.38. The van der Waals surface area contributed by atoms with Crippen molar-refractivity contribution in [3.63, 3.8) is 0 Å². The smallest absolute Gasteiger partial charge is 0.0349 e. The van der Waals surface area contributed by atoms with Gasteiger partial charge in [0, 0.05) is 0 Å². The Bertz CT molecular complexity index is 100. The average molecular weight is 140 g/mol. The maximum Gasteiger partial charge on any atom is -0.0349 e. The minimum Gasteiger partial charge on any atom is -0.0628 e. The van der Waals surface area contributed by atoms with Crippen LogP contribution in [0.5, 0.6) is 0 Å². The summed E-state index contributed by atoms with van der Waals surface area (Å²) >= 11 is 0. The van der Waals surface area contributed by atoms with Gasteiger partial charge in [-0.15, -0.1) is 0 Å². The number of rotatable bonds is 2. The summed E-state index contributed by atoms with van der Waals surface area (Å²) in [4.78, 5) is 0. The van der Waals surface area contributed by atoms with Crippen LogP contribution in [-0.4, -0.2) is 0 Å². The molecule has 0 unspecified atom stereocenters. The van der Waals surface area contributed by atoms with Crippen molar-refractivity contribution >= 4 is 0 Å². The van der Waals surface area contributed by atoms with E-state index in [0.717, 1.165) is 11.8 Å². The van der Waals surface area contributed by atoms with E-state index in [1.807, 2.05) is 0 Å². The molecule has 0 aromatic carbocycles. The zero-order valence-corrected chi connectivity index (χ0v) is 7.78. The minimum atomic E-state index is 0.680. The van der Waals surface area contributed by atoms with Gasteiger partial charge in [0.2, 0.25) is 0 Å². The van der Waals surface area contributed by atoms with Crippen LogP contribution in [0.25, 0.3) is 0 Å². The van der Waals surface area contributed by atoms with Crippen molar-refractivity contribution in [2.45, 2.75) is 47.0 Å². The van der Waals surface area contributed by atoms with Crippen molar-refractivity contribution < 1.29 is 0 Å². The van der Waals surface area contributed by atoms with Gasteiger partial charge in [-0.25, -0.2) is 0 Å². The van der Waals surface area contributed by atoms with Crippen LogP contribution in [0.15, 0.2) is 0 Å². The van der Waals surface area contributed by atoms with E-state index in [4.69, 9.17) is 0 Å². The van der Waals surface area contributed by atoms with E-state index in [1.54, 1.807) is 0 Å². The fourth-order valence-corrected chi connectivity index (χ4v) is 2.34. The first-order valence-electron chi connectivity index (χ1n) is 4.49. The zero-order valence-electron chi connectivity index (χ0n) is 7.78. The molecule has 0 bridgehead atoms. The lowest BCUT2D eigenvalue weighted by atomic mass is 9.62. The molecule has 0 aliphatic heterocycles. The Balaban J connectivity index is 2.15. The molecule has 0 nitrogen and oxygen atoms in total. The summed E-state index contributed by atoms with van der Waals surface area (Å²) in [5, 5.41) is 0. The Labute approximate surface area is 65.0 Å². The molecule has 0 amide bonds. The molecule has 0 saturated heterocycles. The van der Waals surface area contributed by atoms with Gasteiger partial charge < -0.3 is 0 Å². The van der Waals surface area contributed by atoms with Crippen molar-refractivity contribution in [3.05, 3.63) is 0 Å². The number of hydrogen-bond donors (Lipinski definition) is 0. The molecule has 0 N–H and O–H groups in total. The molecule has 0 heteroatoms. The van der Waals surface area contributed by atoms with E-state index < -0.39 is 0 Å². The van der Waals surface area contributed by atoms with Crippen LogP contribution in [0.4, 0.5) is 0 Å². The predicted molar refractivity (Wildman–Crippen MR) is 46.0 cm³/mol. The molecule has 60 valence electrons. The lowest BCUT2D eigenvalue weighted by molar-refractivity contribution is 0.0800. The second-order valence-electron chi connectivity index (χ2n) is 5.07. The molecule has 0 heterocycles. The third-order valence-corrected chi connectivity index (χ3v) is 2.49. The summed E-state index contributed by atoms with van der Waals surface area (Å²) in [7, 11) is 0. The van der Waals surface area contributed by atoms with Gasteiger partial charge in [0.25, 0.3) is 0 Å². The van der Waals surface area contributed by atoms with E-state index in [2.05, 4.69) is 27.7 Å². The zero-order chi connectivity index (χ0) is 7.78. The van der Waals surface area contributed by atoms with Crippen molar-refractivity contribution in [2.24, 2.45) is 17.3 Å². The number of hydrogen-bond acceptors (Lipinski definition) is 0. The van der Waals surface area contributed by atoms with Crippen LogP contribution in [0.3, 0.4) is 0 Å². The molecule has 1 fully saturated rings. The van der Waals surface area contributed by atoms with E-state index >= 15 is 0 Å². The topological polar surface area (TPSA) is 0 Å². The molecule has 0 radical (unpaired) electrons. The Morgan fingerprint density at radius 2 is 1.80 bits per heavy atom. The second-order valence-corrected chi connectivity index (χ2v) is 5.07. The Morgan fingerprint density at radius 1 is 1.30 bits per heavy atom. The quantitative estimate of drug-likeness (QED) is 0.551. The van der Waals surface area contributed by atoms with Crippen LogP contribution in [0.2, 0.25) is 0 Å². The van der Waals surface area contributed by atoms with Crippen LogP contribution in [0, 0.1) is 17.3 Å². The highest BCUT2D eigenvalue weighted by molar-refractivity contribution is 4.86. The van der Waals surface area contributed by atoms with Crippen molar-refractivity contribution in [1.82, 2.24) is 0 Å². The first-order chi connectivity index (χ1) is 4.49. The standard InChI is InChI=1S/C10H20/c1-8(2)5-9-6-10(3,4)7-9/h8-9H,5-7H2,1-4H3. The summed E-state index contributed by atoms with van der Waals surface area (Å²) in [5.74, 6) is 1.95. The molecule has 0 spiro atoms. The van der Waals surface area contributed by atoms with Gasteiger partial charge in [-0.1, -0.05) is 27.7 Å². The molecule has 10 heavy (non-hydrogen) atoms. The molecule has 0 atom stereocenters. The van der Waals surface area contributed by atoms with E-state index in [0.29, 0.717) is 5.41 Å². The summed E-state index contributed by atoms with van der Waals surface area (Å²) in [5.41, 5.74) is 0.680. The third-order valence-electron chi connectivity index (χ3n) is 2.49. The Morgan fingerprint density at radius 3 is 2.10 bits per heavy atom. The van der Waals surface area contributed by atoms with E-state index in [9.17, 15) is 0 Å².